The zero-order chi connectivity index (χ0) is 25.7. The van der Waals surface area contributed by atoms with Gasteiger partial charge in [-0.2, -0.15) is 0 Å². The Kier molecular flexibility index (Phi) is 6.50. The molecule has 0 bridgehead atoms. The van der Waals surface area contributed by atoms with E-state index < -0.39 is 46.3 Å². The molecule has 2 N–H and O–H groups in total. The summed E-state index contributed by atoms with van der Waals surface area (Å²) in [6, 6.07) is 0.401. The minimum absolute atomic E-state index is 0.0897. The van der Waals surface area contributed by atoms with Crippen molar-refractivity contribution < 1.29 is 28.2 Å². The fourth-order valence-electron chi connectivity index (χ4n) is 4.83. The number of rotatable bonds is 5. The summed E-state index contributed by atoms with van der Waals surface area (Å²) in [5, 5.41) is 12.0. The van der Waals surface area contributed by atoms with Crippen molar-refractivity contribution in [2.45, 2.75) is 71.1 Å². The molecule has 2 heterocycles. The quantitative estimate of drug-likeness (QED) is 0.641. The molecule has 1 amide bonds. The molecule has 2 aromatic rings. The van der Waals surface area contributed by atoms with Crippen molar-refractivity contribution >= 4 is 28.7 Å². The van der Waals surface area contributed by atoms with Crippen molar-refractivity contribution in [2.24, 2.45) is 5.92 Å². The highest BCUT2D eigenvalue weighted by atomic mass is 19.1. The SMILES string of the molecule is CC[C@@H]1CCN(c2c(F)cc3c(=O)c(C(=O)O)cn(C4CC4)c3c2F)C[C@H]1NC(=O)OC(C)(C)C. The van der Waals surface area contributed by atoms with Gasteiger partial charge >= 0.3 is 12.1 Å². The number of carboxylic acids is 1. The minimum atomic E-state index is -1.44. The van der Waals surface area contributed by atoms with Crippen LogP contribution in [0, 0.1) is 17.6 Å². The van der Waals surface area contributed by atoms with Gasteiger partial charge < -0.3 is 24.6 Å². The van der Waals surface area contributed by atoms with Gasteiger partial charge in [0.25, 0.3) is 0 Å². The van der Waals surface area contributed by atoms with Gasteiger partial charge in [0.15, 0.2) is 5.82 Å². The number of nitrogens with one attached hydrogen (secondary N) is 1. The number of anilines is 1. The lowest BCUT2D eigenvalue weighted by Gasteiger charge is -2.40. The van der Waals surface area contributed by atoms with E-state index in [9.17, 15) is 19.5 Å². The Morgan fingerprint density at radius 3 is 2.49 bits per heavy atom. The summed E-state index contributed by atoms with van der Waals surface area (Å²) < 4.78 is 38.1. The number of carboxylic acid groups (broad SMARTS) is 1. The Hall–Kier alpha value is -3.17. The van der Waals surface area contributed by atoms with E-state index in [-0.39, 0.29) is 35.1 Å². The average Bonchev–Trinajstić information content (AvgIpc) is 3.58. The highest BCUT2D eigenvalue weighted by Crippen LogP contribution is 2.40. The molecule has 1 saturated carbocycles. The number of amides is 1. The van der Waals surface area contributed by atoms with Crippen LogP contribution >= 0.6 is 0 Å². The minimum Gasteiger partial charge on any atom is -0.477 e. The molecule has 8 nitrogen and oxygen atoms in total. The summed E-state index contributed by atoms with van der Waals surface area (Å²) in [5.74, 6) is -3.17. The van der Waals surface area contributed by atoms with Crippen molar-refractivity contribution in [1.82, 2.24) is 9.88 Å². The van der Waals surface area contributed by atoms with Crippen LogP contribution < -0.4 is 15.6 Å². The number of benzene rings is 1. The number of fused-ring (bicyclic) bond motifs is 1. The summed E-state index contributed by atoms with van der Waals surface area (Å²) >= 11 is 0. The average molecular weight is 492 g/mol. The molecule has 2 aliphatic rings. The summed E-state index contributed by atoms with van der Waals surface area (Å²) in [4.78, 5) is 38.2. The number of hydrogen-bond donors (Lipinski definition) is 2. The third kappa shape index (κ3) is 4.97. The molecular weight excluding hydrogens is 460 g/mol. The molecule has 4 rings (SSSR count). The van der Waals surface area contributed by atoms with Gasteiger partial charge in [0.1, 0.15) is 22.7 Å². The van der Waals surface area contributed by atoms with Crippen molar-refractivity contribution in [2.75, 3.05) is 18.0 Å². The third-order valence-corrected chi connectivity index (χ3v) is 6.65. The lowest BCUT2D eigenvalue weighted by molar-refractivity contribution is 0.0478. The van der Waals surface area contributed by atoms with Crippen LogP contribution in [0.15, 0.2) is 17.1 Å². The first-order valence-electron chi connectivity index (χ1n) is 12.0. The highest BCUT2D eigenvalue weighted by Gasteiger charge is 2.35. The van der Waals surface area contributed by atoms with Gasteiger partial charge in [-0.1, -0.05) is 13.3 Å². The number of hydrogen-bond acceptors (Lipinski definition) is 5. The van der Waals surface area contributed by atoms with E-state index >= 15 is 8.78 Å². The Morgan fingerprint density at radius 1 is 1.23 bits per heavy atom. The van der Waals surface area contributed by atoms with E-state index in [2.05, 4.69) is 5.32 Å². The Labute approximate surface area is 201 Å². The molecule has 35 heavy (non-hydrogen) atoms. The van der Waals surface area contributed by atoms with Crippen LogP contribution in [-0.4, -0.2) is 46.5 Å². The Bertz CT molecular complexity index is 1230. The second kappa shape index (κ2) is 9.13. The zero-order valence-corrected chi connectivity index (χ0v) is 20.4. The van der Waals surface area contributed by atoms with Crippen LogP contribution in [0.2, 0.25) is 0 Å². The maximum Gasteiger partial charge on any atom is 0.407 e. The van der Waals surface area contributed by atoms with Gasteiger partial charge in [0, 0.05) is 25.3 Å². The van der Waals surface area contributed by atoms with E-state index in [0.717, 1.165) is 18.7 Å². The predicted molar refractivity (Wildman–Crippen MR) is 127 cm³/mol. The maximum atomic E-state index is 16.0. The summed E-state index contributed by atoms with van der Waals surface area (Å²) in [5.41, 5.74) is -2.48. The Balaban J connectivity index is 1.74. The molecule has 2 atom stereocenters. The van der Waals surface area contributed by atoms with Crippen LogP contribution in [0.4, 0.5) is 19.3 Å². The number of nitrogens with zero attached hydrogens (tertiary/aromatic N) is 2. The number of halogens is 2. The largest absolute Gasteiger partial charge is 0.477 e. The fraction of sp³-hybridized carbons (Fsp3) is 0.560. The maximum absolute atomic E-state index is 16.0. The zero-order valence-electron chi connectivity index (χ0n) is 20.4. The van der Waals surface area contributed by atoms with E-state index in [1.54, 1.807) is 25.7 Å². The van der Waals surface area contributed by atoms with Crippen LogP contribution in [-0.2, 0) is 4.74 Å². The van der Waals surface area contributed by atoms with Crippen LogP contribution in [0.1, 0.15) is 69.8 Å². The first kappa shape index (κ1) is 24.9. The molecule has 2 fully saturated rings. The monoisotopic (exact) mass is 491 g/mol. The van der Waals surface area contributed by atoms with Crippen molar-refractivity contribution in [3.63, 3.8) is 0 Å². The molecule has 1 aliphatic carbocycles. The van der Waals surface area contributed by atoms with Gasteiger partial charge in [-0.3, -0.25) is 4.79 Å². The molecule has 190 valence electrons. The first-order chi connectivity index (χ1) is 16.4. The molecule has 1 saturated heterocycles. The van der Waals surface area contributed by atoms with E-state index in [1.165, 1.54) is 4.57 Å². The van der Waals surface area contributed by atoms with Crippen molar-refractivity contribution in [3.05, 3.63) is 39.7 Å². The molecule has 1 aromatic heterocycles. The number of aromatic nitrogens is 1. The second-order valence-corrected chi connectivity index (χ2v) is 10.4. The smallest absolute Gasteiger partial charge is 0.407 e. The molecule has 1 aliphatic heterocycles. The first-order valence-corrected chi connectivity index (χ1v) is 12.0. The molecule has 1 aromatic carbocycles. The topological polar surface area (TPSA) is 101 Å². The van der Waals surface area contributed by atoms with Crippen LogP contribution in [0.3, 0.4) is 0 Å². The van der Waals surface area contributed by atoms with Gasteiger partial charge in [-0.25, -0.2) is 18.4 Å². The number of alkyl carbamates (subject to hydrolysis) is 1. The second-order valence-electron chi connectivity index (χ2n) is 10.4. The fourth-order valence-corrected chi connectivity index (χ4v) is 4.83. The van der Waals surface area contributed by atoms with E-state index in [1.807, 2.05) is 6.92 Å². The third-order valence-electron chi connectivity index (χ3n) is 6.65. The summed E-state index contributed by atoms with van der Waals surface area (Å²) in [6.45, 7) is 7.79. The lowest BCUT2D eigenvalue weighted by Crippen LogP contribution is -2.53. The predicted octanol–water partition coefficient (Wildman–Crippen LogP) is 4.44. The summed E-state index contributed by atoms with van der Waals surface area (Å²) in [7, 11) is 0. The molecule has 0 unspecified atom stereocenters. The number of pyridine rings is 1. The van der Waals surface area contributed by atoms with E-state index in [4.69, 9.17) is 4.74 Å². The molecular formula is C25H31F2N3O5. The summed E-state index contributed by atoms with van der Waals surface area (Å²) in [6.07, 6.45) is 3.37. The van der Waals surface area contributed by atoms with Crippen molar-refractivity contribution in [3.8, 4) is 0 Å². The molecule has 0 radical (unpaired) electrons. The molecule has 10 heteroatoms. The standard InChI is InChI=1S/C25H31F2N3O5/c1-5-13-8-9-29(12-18(13)28-24(34)35-25(2,3)4)21-17(26)10-15-20(19(21)27)30(14-6-7-14)11-16(22(15)31)23(32)33/h10-11,13-14,18H,5-9,12H2,1-4H3,(H,28,34)(H,32,33)/t13-,18-/m1/s1. The highest BCUT2D eigenvalue weighted by molar-refractivity contribution is 5.94. The number of carbonyl (C=O) groups excluding carboxylic acids is 1. The Morgan fingerprint density at radius 2 is 1.91 bits per heavy atom. The van der Waals surface area contributed by atoms with Crippen LogP contribution in [0.5, 0.6) is 0 Å². The number of piperidine rings is 1. The van der Waals surface area contributed by atoms with Gasteiger partial charge in [0.2, 0.25) is 5.43 Å². The number of aromatic carboxylic acids is 1. The normalized spacial score (nSPS) is 20.7. The molecule has 0 spiro atoms. The lowest BCUT2D eigenvalue weighted by atomic mass is 9.89. The van der Waals surface area contributed by atoms with E-state index in [0.29, 0.717) is 25.8 Å². The van der Waals surface area contributed by atoms with Crippen molar-refractivity contribution in [1.29, 1.82) is 0 Å². The number of ether oxygens (including phenoxy) is 1. The van der Waals surface area contributed by atoms with Gasteiger partial charge in [-0.15, -0.1) is 0 Å². The van der Waals surface area contributed by atoms with Gasteiger partial charge in [0.05, 0.1) is 16.9 Å². The van der Waals surface area contributed by atoms with Crippen LogP contribution in [0.25, 0.3) is 10.9 Å². The number of carbonyl (C=O) groups is 2. The van der Waals surface area contributed by atoms with Gasteiger partial charge in [-0.05, 0) is 52.0 Å².